The monoisotopic (exact) mass is 266 g/mol. The Bertz CT molecular complexity index is 365. The van der Waals surface area contributed by atoms with Crippen molar-refractivity contribution in [3.63, 3.8) is 0 Å². The third-order valence-corrected chi connectivity index (χ3v) is 6.47. The summed E-state index contributed by atoms with van der Waals surface area (Å²) in [5, 5.41) is 4.96. The van der Waals surface area contributed by atoms with Gasteiger partial charge in [-0.15, -0.1) is 0 Å². The van der Waals surface area contributed by atoms with E-state index in [0.29, 0.717) is 11.6 Å². The number of ether oxygens (including phenoxy) is 1. The first-order valence-electron chi connectivity index (χ1n) is 7.40. The molecule has 4 aliphatic rings. The van der Waals surface area contributed by atoms with Crippen LogP contribution >= 0.6 is 11.8 Å². The molecule has 2 saturated heterocycles. The second-order valence-corrected chi connectivity index (χ2v) is 7.45. The highest BCUT2D eigenvalue weighted by molar-refractivity contribution is 8.14. The van der Waals surface area contributed by atoms with Crippen molar-refractivity contribution in [2.24, 2.45) is 16.8 Å². The van der Waals surface area contributed by atoms with Gasteiger partial charge < -0.3 is 10.1 Å². The highest BCUT2D eigenvalue weighted by atomic mass is 32.2. The molecule has 2 heterocycles. The smallest absolute Gasteiger partial charge is 0.157 e. The molecule has 0 radical (unpaired) electrons. The molecule has 1 N–H and O–H groups in total. The van der Waals surface area contributed by atoms with Gasteiger partial charge in [0.15, 0.2) is 5.17 Å². The highest BCUT2D eigenvalue weighted by Gasteiger charge is 2.42. The number of nitrogens with one attached hydrogen (secondary N) is 1. The van der Waals surface area contributed by atoms with E-state index in [2.05, 4.69) is 5.32 Å². The van der Waals surface area contributed by atoms with Crippen LogP contribution in [-0.4, -0.2) is 35.7 Å². The molecule has 18 heavy (non-hydrogen) atoms. The van der Waals surface area contributed by atoms with Crippen molar-refractivity contribution in [2.75, 3.05) is 19.0 Å². The van der Waals surface area contributed by atoms with Crippen molar-refractivity contribution < 1.29 is 4.74 Å². The van der Waals surface area contributed by atoms with Gasteiger partial charge in [0.25, 0.3) is 0 Å². The number of amidine groups is 1. The SMILES string of the molecule is C1CC2(CCO1)CSC(=NC1CC3CCC1C3)N2. The van der Waals surface area contributed by atoms with Crippen molar-refractivity contribution in [1.29, 1.82) is 0 Å². The summed E-state index contributed by atoms with van der Waals surface area (Å²) in [5.41, 5.74) is 0.305. The molecule has 0 aromatic rings. The summed E-state index contributed by atoms with van der Waals surface area (Å²) < 4.78 is 5.48. The summed E-state index contributed by atoms with van der Waals surface area (Å²) in [6, 6.07) is 0.633. The van der Waals surface area contributed by atoms with Crippen LogP contribution in [0, 0.1) is 11.8 Å². The summed E-state index contributed by atoms with van der Waals surface area (Å²) in [6.45, 7) is 1.82. The molecule has 4 rings (SSSR count). The Hall–Kier alpha value is -0.220. The molecule has 2 aliphatic carbocycles. The predicted molar refractivity (Wildman–Crippen MR) is 75.0 cm³/mol. The number of thioether (sulfide) groups is 1. The molecule has 1 spiro atoms. The Morgan fingerprint density at radius 1 is 1.22 bits per heavy atom. The van der Waals surface area contributed by atoms with Crippen molar-refractivity contribution >= 4 is 16.9 Å². The molecule has 3 unspecified atom stereocenters. The predicted octanol–water partition coefficient (Wildman–Crippen LogP) is 2.42. The van der Waals surface area contributed by atoms with E-state index in [9.17, 15) is 0 Å². The van der Waals surface area contributed by atoms with E-state index < -0.39 is 0 Å². The maximum Gasteiger partial charge on any atom is 0.157 e. The second-order valence-electron chi connectivity index (χ2n) is 6.48. The minimum Gasteiger partial charge on any atom is -0.381 e. The van der Waals surface area contributed by atoms with E-state index in [0.717, 1.165) is 37.9 Å². The van der Waals surface area contributed by atoms with Gasteiger partial charge in [-0.2, -0.15) is 0 Å². The van der Waals surface area contributed by atoms with Crippen molar-refractivity contribution in [3.8, 4) is 0 Å². The Morgan fingerprint density at radius 2 is 2.11 bits per heavy atom. The summed E-state index contributed by atoms with van der Waals surface area (Å²) in [5.74, 6) is 3.08. The van der Waals surface area contributed by atoms with Gasteiger partial charge in [0, 0.05) is 19.0 Å². The molecule has 100 valence electrons. The number of nitrogens with zero attached hydrogens (tertiary/aromatic N) is 1. The molecule has 2 saturated carbocycles. The Morgan fingerprint density at radius 3 is 2.83 bits per heavy atom. The highest BCUT2D eigenvalue weighted by Crippen LogP contribution is 2.46. The van der Waals surface area contributed by atoms with E-state index in [1.54, 1.807) is 0 Å². The van der Waals surface area contributed by atoms with Crippen LogP contribution in [0.2, 0.25) is 0 Å². The maximum atomic E-state index is 5.48. The molecule has 3 nitrogen and oxygen atoms in total. The van der Waals surface area contributed by atoms with Crippen LogP contribution in [0.3, 0.4) is 0 Å². The second kappa shape index (κ2) is 4.41. The third-order valence-electron chi connectivity index (χ3n) is 5.29. The molecule has 0 aromatic carbocycles. The van der Waals surface area contributed by atoms with Gasteiger partial charge in [-0.25, -0.2) is 0 Å². The van der Waals surface area contributed by atoms with E-state index in [4.69, 9.17) is 9.73 Å². The van der Waals surface area contributed by atoms with E-state index in [1.165, 1.54) is 36.6 Å². The van der Waals surface area contributed by atoms with Crippen LogP contribution in [0.1, 0.15) is 38.5 Å². The van der Waals surface area contributed by atoms with Gasteiger partial charge in [-0.05, 0) is 43.9 Å². The quantitative estimate of drug-likeness (QED) is 0.791. The lowest BCUT2D eigenvalue weighted by Gasteiger charge is -2.32. The third kappa shape index (κ3) is 1.97. The fourth-order valence-corrected chi connectivity index (χ4v) is 5.40. The number of aliphatic imine (C=N–C) groups is 1. The van der Waals surface area contributed by atoms with Crippen LogP contribution < -0.4 is 5.32 Å². The van der Waals surface area contributed by atoms with Crippen LogP contribution in [0.25, 0.3) is 0 Å². The first-order chi connectivity index (χ1) is 8.83. The largest absolute Gasteiger partial charge is 0.381 e. The Kier molecular flexibility index (Phi) is 2.84. The Balaban J connectivity index is 1.44. The number of hydrogen-bond acceptors (Lipinski definition) is 3. The molecule has 3 atom stereocenters. The van der Waals surface area contributed by atoms with E-state index in [-0.39, 0.29) is 0 Å². The molecule has 4 fully saturated rings. The zero-order valence-corrected chi connectivity index (χ0v) is 11.7. The van der Waals surface area contributed by atoms with Crippen LogP contribution in [0.4, 0.5) is 0 Å². The lowest BCUT2D eigenvalue weighted by Crippen LogP contribution is -2.48. The van der Waals surface area contributed by atoms with E-state index in [1.807, 2.05) is 11.8 Å². The van der Waals surface area contributed by atoms with Gasteiger partial charge in [0.2, 0.25) is 0 Å². The molecule has 2 bridgehead atoms. The van der Waals surface area contributed by atoms with Gasteiger partial charge in [0.05, 0.1) is 11.6 Å². The fraction of sp³-hybridized carbons (Fsp3) is 0.929. The van der Waals surface area contributed by atoms with Gasteiger partial charge in [-0.3, -0.25) is 4.99 Å². The van der Waals surface area contributed by atoms with Crippen LogP contribution in [0.15, 0.2) is 4.99 Å². The molecular formula is C14H22N2OS. The summed E-state index contributed by atoms with van der Waals surface area (Å²) >= 11 is 1.95. The summed E-state index contributed by atoms with van der Waals surface area (Å²) in [6.07, 6.45) is 7.99. The van der Waals surface area contributed by atoms with Crippen LogP contribution in [0.5, 0.6) is 0 Å². The first-order valence-corrected chi connectivity index (χ1v) is 8.38. The van der Waals surface area contributed by atoms with Crippen molar-refractivity contribution in [2.45, 2.75) is 50.1 Å². The van der Waals surface area contributed by atoms with Crippen molar-refractivity contribution in [1.82, 2.24) is 5.32 Å². The zero-order chi connectivity index (χ0) is 12.0. The first kappa shape index (κ1) is 11.6. The van der Waals surface area contributed by atoms with Gasteiger partial charge in [-0.1, -0.05) is 18.2 Å². The maximum absolute atomic E-state index is 5.48. The van der Waals surface area contributed by atoms with Crippen molar-refractivity contribution in [3.05, 3.63) is 0 Å². The average molecular weight is 266 g/mol. The number of hydrogen-bond donors (Lipinski definition) is 1. The molecular weight excluding hydrogens is 244 g/mol. The number of fused-ring (bicyclic) bond motifs is 2. The molecule has 0 aromatic heterocycles. The molecule has 4 heteroatoms. The minimum absolute atomic E-state index is 0.305. The van der Waals surface area contributed by atoms with E-state index >= 15 is 0 Å². The van der Waals surface area contributed by atoms with Gasteiger partial charge in [0.1, 0.15) is 0 Å². The summed E-state index contributed by atoms with van der Waals surface area (Å²) in [4.78, 5) is 5.03. The topological polar surface area (TPSA) is 33.6 Å². The fourth-order valence-electron chi connectivity index (χ4n) is 4.13. The lowest BCUT2D eigenvalue weighted by atomic mass is 9.93. The lowest BCUT2D eigenvalue weighted by molar-refractivity contribution is 0.0555. The number of rotatable bonds is 1. The standard InChI is InChI=1S/C14H22N2OS/c1-2-11-7-10(1)8-12(11)15-13-16-14(9-18-13)3-5-17-6-4-14/h10-12H,1-9H2,(H,15,16). The minimum atomic E-state index is 0.305. The molecule has 2 aliphatic heterocycles. The Labute approximate surface area is 113 Å². The summed E-state index contributed by atoms with van der Waals surface area (Å²) in [7, 11) is 0. The normalized spacial score (nSPS) is 43.8. The van der Waals surface area contributed by atoms with Crippen LogP contribution in [-0.2, 0) is 4.74 Å². The average Bonchev–Trinajstić information content (AvgIpc) is 3.07. The molecule has 0 amide bonds. The van der Waals surface area contributed by atoms with Gasteiger partial charge >= 0.3 is 0 Å². The zero-order valence-electron chi connectivity index (χ0n) is 10.9.